The maximum atomic E-state index is 11.4. The smallest absolute Gasteiger partial charge is 0.163 e. The summed E-state index contributed by atoms with van der Waals surface area (Å²) in [5.41, 5.74) is 1.32. The monoisotopic (exact) mass is 289 g/mol. The van der Waals surface area contributed by atoms with Crippen molar-refractivity contribution in [2.75, 3.05) is 5.32 Å². The van der Waals surface area contributed by atoms with E-state index >= 15 is 0 Å². The molecule has 0 saturated heterocycles. The molecular formula is C11H13BrClNO. The van der Waals surface area contributed by atoms with E-state index in [1.165, 1.54) is 6.92 Å². The van der Waals surface area contributed by atoms with Gasteiger partial charge in [0.1, 0.15) is 0 Å². The molecule has 15 heavy (non-hydrogen) atoms. The van der Waals surface area contributed by atoms with Crippen molar-refractivity contribution in [1.29, 1.82) is 0 Å². The second-order valence-corrected chi connectivity index (χ2v) is 4.99. The van der Waals surface area contributed by atoms with E-state index in [0.29, 0.717) is 10.6 Å². The molecule has 0 fully saturated rings. The molecule has 2 nitrogen and oxygen atoms in total. The van der Waals surface area contributed by atoms with E-state index in [9.17, 15) is 4.79 Å². The Morgan fingerprint density at radius 1 is 1.47 bits per heavy atom. The Bertz CT molecular complexity index is 390. The Kier molecular flexibility index (Phi) is 4.17. The number of nitrogens with one attached hydrogen (secondary N) is 1. The molecule has 1 rings (SSSR count). The number of hydrogen-bond donors (Lipinski definition) is 1. The van der Waals surface area contributed by atoms with Crippen LogP contribution in [0.2, 0.25) is 5.02 Å². The summed E-state index contributed by atoms with van der Waals surface area (Å²) in [6, 6.07) is 3.85. The van der Waals surface area contributed by atoms with Gasteiger partial charge in [0.15, 0.2) is 5.78 Å². The highest BCUT2D eigenvalue weighted by Crippen LogP contribution is 2.30. The molecule has 0 aliphatic heterocycles. The van der Waals surface area contributed by atoms with Crippen LogP contribution in [-0.2, 0) is 0 Å². The van der Waals surface area contributed by atoms with Crippen LogP contribution < -0.4 is 5.32 Å². The Hall–Kier alpha value is -0.540. The summed E-state index contributed by atoms with van der Waals surface area (Å²) in [6.07, 6.45) is 0. The first-order valence-electron chi connectivity index (χ1n) is 4.68. The van der Waals surface area contributed by atoms with E-state index < -0.39 is 0 Å². The average molecular weight is 291 g/mol. The van der Waals surface area contributed by atoms with Crippen molar-refractivity contribution < 1.29 is 4.79 Å². The number of ketones is 1. The van der Waals surface area contributed by atoms with E-state index in [-0.39, 0.29) is 11.8 Å². The number of Topliss-reactive ketones (excluding diaryl/α,β-unsaturated/α-hetero) is 1. The Morgan fingerprint density at radius 2 is 2.07 bits per heavy atom. The zero-order valence-corrected chi connectivity index (χ0v) is 11.2. The number of rotatable bonds is 3. The predicted molar refractivity (Wildman–Crippen MR) is 67.9 cm³/mol. The fourth-order valence-electron chi connectivity index (χ4n) is 1.36. The maximum Gasteiger partial charge on any atom is 0.163 e. The van der Waals surface area contributed by atoms with Gasteiger partial charge < -0.3 is 5.32 Å². The fraction of sp³-hybridized carbons (Fsp3) is 0.364. The molecule has 0 bridgehead atoms. The second-order valence-electron chi connectivity index (χ2n) is 3.67. The SMILES string of the molecule is CC(=O)c1c(Cl)cc(Br)cc1NC(C)C. The highest BCUT2D eigenvalue weighted by molar-refractivity contribution is 9.10. The van der Waals surface area contributed by atoms with Crippen molar-refractivity contribution in [2.24, 2.45) is 0 Å². The number of benzene rings is 1. The average Bonchev–Trinajstić information content (AvgIpc) is 1.99. The standard InChI is InChI=1S/C11H13BrClNO/c1-6(2)14-10-5-8(12)4-9(13)11(10)7(3)15/h4-6,14H,1-3H3. The minimum Gasteiger partial charge on any atom is -0.382 e. The first kappa shape index (κ1) is 12.5. The molecule has 0 heterocycles. The minimum absolute atomic E-state index is 0.0318. The van der Waals surface area contributed by atoms with Crippen molar-refractivity contribution in [3.8, 4) is 0 Å². The van der Waals surface area contributed by atoms with Gasteiger partial charge >= 0.3 is 0 Å². The van der Waals surface area contributed by atoms with Gasteiger partial charge in [-0.3, -0.25) is 4.79 Å². The van der Waals surface area contributed by atoms with Crippen LogP contribution in [0.25, 0.3) is 0 Å². The largest absolute Gasteiger partial charge is 0.382 e. The molecule has 1 aromatic carbocycles. The number of carbonyl (C=O) groups is 1. The van der Waals surface area contributed by atoms with E-state index in [1.807, 2.05) is 19.9 Å². The molecule has 4 heteroatoms. The molecule has 0 aromatic heterocycles. The lowest BCUT2D eigenvalue weighted by molar-refractivity contribution is 0.101. The zero-order valence-electron chi connectivity index (χ0n) is 8.90. The molecule has 0 aliphatic rings. The van der Waals surface area contributed by atoms with Crippen LogP contribution in [0.5, 0.6) is 0 Å². The number of hydrogen-bond acceptors (Lipinski definition) is 2. The van der Waals surface area contributed by atoms with Gasteiger partial charge in [-0.2, -0.15) is 0 Å². The summed E-state index contributed by atoms with van der Waals surface area (Å²) in [5, 5.41) is 3.67. The van der Waals surface area contributed by atoms with E-state index in [2.05, 4.69) is 21.2 Å². The topological polar surface area (TPSA) is 29.1 Å². The van der Waals surface area contributed by atoms with Gasteiger partial charge in [-0.1, -0.05) is 27.5 Å². The van der Waals surface area contributed by atoms with Gasteiger partial charge in [0.2, 0.25) is 0 Å². The van der Waals surface area contributed by atoms with Gasteiger partial charge in [-0.25, -0.2) is 0 Å². The van der Waals surface area contributed by atoms with Crippen LogP contribution in [0.4, 0.5) is 5.69 Å². The van der Waals surface area contributed by atoms with Gasteiger partial charge in [-0.15, -0.1) is 0 Å². The third-order valence-electron chi connectivity index (χ3n) is 1.85. The molecule has 1 aromatic rings. The van der Waals surface area contributed by atoms with Crippen LogP contribution in [0.3, 0.4) is 0 Å². The lowest BCUT2D eigenvalue weighted by Crippen LogP contribution is -2.13. The zero-order chi connectivity index (χ0) is 11.6. The lowest BCUT2D eigenvalue weighted by Gasteiger charge is -2.15. The molecule has 0 amide bonds. The van der Waals surface area contributed by atoms with E-state index in [1.54, 1.807) is 6.07 Å². The number of halogens is 2. The molecule has 0 radical (unpaired) electrons. The van der Waals surface area contributed by atoms with Crippen molar-refractivity contribution in [3.05, 3.63) is 27.2 Å². The van der Waals surface area contributed by atoms with Crippen molar-refractivity contribution in [2.45, 2.75) is 26.8 Å². The van der Waals surface area contributed by atoms with Crippen molar-refractivity contribution in [3.63, 3.8) is 0 Å². The van der Waals surface area contributed by atoms with E-state index in [0.717, 1.165) is 10.2 Å². The summed E-state index contributed by atoms with van der Waals surface area (Å²) in [6.45, 7) is 5.54. The van der Waals surface area contributed by atoms with Crippen LogP contribution in [0.15, 0.2) is 16.6 Å². The normalized spacial score (nSPS) is 10.5. The van der Waals surface area contributed by atoms with Crippen molar-refractivity contribution in [1.82, 2.24) is 0 Å². The van der Waals surface area contributed by atoms with Gasteiger partial charge in [-0.05, 0) is 32.9 Å². The third-order valence-corrected chi connectivity index (χ3v) is 2.61. The first-order valence-corrected chi connectivity index (χ1v) is 5.85. The van der Waals surface area contributed by atoms with Gasteiger partial charge in [0.05, 0.1) is 10.6 Å². The molecule has 1 N–H and O–H groups in total. The highest BCUT2D eigenvalue weighted by atomic mass is 79.9. The number of anilines is 1. The van der Waals surface area contributed by atoms with Crippen LogP contribution in [0.1, 0.15) is 31.1 Å². The minimum atomic E-state index is -0.0318. The second kappa shape index (κ2) is 4.99. The summed E-state index contributed by atoms with van der Waals surface area (Å²) in [5.74, 6) is -0.0318. The molecular weight excluding hydrogens is 277 g/mol. The molecule has 0 unspecified atom stereocenters. The highest BCUT2D eigenvalue weighted by Gasteiger charge is 2.13. The Balaban J connectivity index is 3.27. The molecule has 82 valence electrons. The Labute approximate surface area is 103 Å². The maximum absolute atomic E-state index is 11.4. The molecule has 0 aliphatic carbocycles. The third kappa shape index (κ3) is 3.21. The predicted octanol–water partition coefficient (Wildman–Crippen LogP) is 4.13. The summed E-state index contributed by atoms with van der Waals surface area (Å²) in [4.78, 5) is 11.4. The summed E-state index contributed by atoms with van der Waals surface area (Å²) < 4.78 is 0.862. The van der Waals surface area contributed by atoms with Crippen LogP contribution in [-0.4, -0.2) is 11.8 Å². The lowest BCUT2D eigenvalue weighted by atomic mass is 10.1. The molecule has 0 atom stereocenters. The van der Waals surface area contributed by atoms with Crippen LogP contribution in [0, 0.1) is 0 Å². The summed E-state index contributed by atoms with van der Waals surface area (Å²) in [7, 11) is 0. The quantitative estimate of drug-likeness (QED) is 0.848. The fourth-order valence-corrected chi connectivity index (χ4v) is 2.30. The van der Waals surface area contributed by atoms with Gasteiger partial charge in [0.25, 0.3) is 0 Å². The first-order chi connectivity index (χ1) is 6.91. The Morgan fingerprint density at radius 3 is 2.53 bits per heavy atom. The van der Waals surface area contributed by atoms with Crippen LogP contribution >= 0.6 is 27.5 Å². The summed E-state index contributed by atoms with van der Waals surface area (Å²) >= 11 is 9.37. The molecule has 0 saturated carbocycles. The van der Waals surface area contributed by atoms with Crippen molar-refractivity contribution >= 4 is 39.0 Å². The van der Waals surface area contributed by atoms with Gasteiger partial charge in [0, 0.05) is 16.2 Å². The number of carbonyl (C=O) groups excluding carboxylic acids is 1. The van der Waals surface area contributed by atoms with E-state index in [4.69, 9.17) is 11.6 Å². The molecule has 0 spiro atoms.